The molecule has 6 heterocycles. The first-order chi connectivity index (χ1) is 45.8. The summed E-state index contributed by atoms with van der Waals surface area (Å²) < 4.78 is 72.0. The second kappa shape index (κ2) is 20.6. The first-order valence-electron chi connectivity index (χ1n) is 32.3. The Kier molecular flexibility index (Phi) is 11.0. The van der Waals surface area contributed by atoms with Crippen LogP contribution in [0.3, 0.4) is 0 Å². The zero-order chi connectivity index (χ0) is 63.4. The quantitative estimate of drug-likeness (QED) is 0.118. The summed E-state index contributed by atoms with van der Waals surface area (Å²) in [5.74, 6) is 1.73. The number of fused-ring (bicyclic) bond motifs is 16. The van der Waals surface area contributed by atoms with Gasteiger partial charge in [-0.2, -0.15) is 18.2 Å². The Balaban J connectivity index is 0.00000684. The van der Waals surface area contributed by atoms with Gasteiger partial charge < -0.3 is 22.7 Å². The number of nitrogens with zero attached hydrogens (tertiary/aromatic N) is 4. The van der Waals surface area contributed by atoms with Crippen molar-refractivity contribution in [2.24, 2.45) is 0 Å². The molecule has 0 spiro atoms. The van der Waals surface area contributed by atoms with Gasteiger partial charge in [-0.3, -0.25) is 4.57 Å². The number of rotatable bonds is 7. The van der Waals surface area contributed by atoms with E-state index in [4.69, 9.17) is 22.7 Å². The second-order valence-electron chi connectivity index (χ2n) is 23.8. The second-order valence-corrected chi connectivity index (χ2v) is 23.8. The van der Waals surface area contributed by atoms with Gasteiger partial charge in [-0.05, 0) is 149 Å². The average Bonchev–Trinajstić information content (AvgIpc) is 1.62. The van der Waals surface area contributed by atoms with Crippen LogP contribution >= 0.6 is 0 Å². The Labute approximate surface area is 540 Å². The van der Waals surface area contributed by atoms with Crippen LogP contribution in [0.5, 0.6) is 11.5 Å². The van der Waals surface area contributed by atoms with Crippen LogP contribution in [0.15, 0.2) is 270 Å². The molecule has 0 fully saturated rings. The first kappa shape index (κ1) is 48.2. The van der Waals surface area contributed by atoms with E-state index in [2.05, 4.69) is 168 Å². The third-order valence-corrected chi connectivity index (χ3v) is 17.6. The Morgan fingerprint density at radius 3 is 1.86 bits per heavy atom. The van der Waals surface area contributed by atoms with Gasteiger partial charge in [0.25, 0.3) is 6.33 Å². The Morgan fingerprint density at radius 1 is 0.467 bits per heavy atom. The van der Waals surface area contributed by atoms with Crippen molar-refractivity contribution in [3.05, 3.63) is 285 Å². The van der Waals surface area contributed by atoms with E-state index < -0.39 is 18.1 Å². The molecule has 0 unspecified atom stereocenters. The zero-order valence-corrected chi connectivity index (χ0v) is 51.0. The predicted molar refractivity (Wildman–Crippen MR) is 359 cm³/mol. The van der Waals surface area contributed by atoms with Crippen LogP contribution in [-0.4, -0.2) is 14.1 Å². The molecule has 5 aromatic heterocycles. The van der Waals surface area contributed by atoms with Gasteiger partial charge in [-0.1, -0.05) is 190 Å². The number of para-hydroxylation sites is 4. The molecular formula is C82H52N4O3Pt-2. The summed E-state index contributed by atoms with van der Waals surface area (Å²) in [4.78, 5) is 4.92. The zero-order valence-electron chi connectivity index (χ0n) is 53.8. The number of hydrogen-bond donors (Lipinski definition) is 0. The number of aromatic nitrogens is 4. The monoisotopic (exact) mass is 1340 g/mol. The third-order valence-electron chi connectivity index (χ3n) is 17.6. The van der Waals surface area contributed by atoms with Crippen molar-refractivity contribution in [1.29, 1.82) is 0 Å². The summed E-state index contributed by atoms with van der Waals surface area (Å²) in [5.41, 5.74) is 18.1. The molecule has 1 aliphatic heterocycles. The molecule has 8 heteroatoms. The minimum atomic E-state index is -0.463. The van der Waals surface area contributed by atoms with Gasteiger partial charge in [0.15, 0.2) is 0 Å². The number of pyridine rings is 1. The van der Waals surface area contributed by atoms with E-state index in [0.717, 1.165) is 138 Å². The van der Waals surface area contributed by atoms with E-state index >= 15 is 0 Å². The molecule has 90 heavy (non-hydrogen) atoms. The molecule has 0 radical (unpaired) electrons. The molecule has 0 N–H and O–H groups in total. The summed E-state index contributed by atoms with van der Waals surface area (Å²) in [6.07, 6.45) is 5.85. The molecule has 7 nitrogen and oxygen atoms in total. The Morgan fingerprint density at radius 2 is 1.09 bits per heavy atom. The van der Waals surface area contributed by atoms with E-state index in [0.29, 0.717) is 28.3 Å². The topological polar surface area (TPSA) is 62.1 Å². The van der Waals surface area contributed by atoms with Crippen LogP contribution in [0, 0.1) is 18.5 Å². The molecule has 0 amide bonds. The van der Waals surface area contributed by atoms with Crippen molar-refractivity contribution in [2.45, 2.75) is 26.2 Å². The molecule has 430 valence electrons. The van der Waals surface area contributed by atoms with Crippen LogP contribution < -0.4 is 9.30 Å². The van der Waals surface area contributed by atoms with Crippen LogP contribution in [0.4, 0.5) is 0 Å². The van der Waals surface area contributed by atoms with Gasteiger partial charge in [-0.15, -0.1) is 29.7 Å². The maximum absolute atomic E-state index is 9.55. The van der Waals surface area contributed by atoms with Gasteiger partial charge in [0.2, 0.25) is 0 Å². The van der Waals surface area contributed by atoms with Crippen LogP contribution in [0.25, 0.3) is 161 Å². The molecule has 0 bridgehead atoms. The Hall–Kier alpha value is -10.9. The SMILES string of the molecule is [2H]c1c([2H])c([2H])c(-c2cccc3c2-c2cccc(-c4ccc5oc6ccccc6c5c4)c2-[n+]2[c-]n(-c4[c-]c(Oc5[c-]c6c(cc5)c5ccccc5n6-c5cc(C(C)(C)C)ccn5)ccc4)c4cc(-c5ccc6oc7ccccc7c6c5)cc(c42)-c2ccccc2-3)c([2H])c1[2H].[Pt]. The maximum atomic E-state index is 9.55. The molecule has 0 aliphatic carbocycles. The van der Waals surface area contributed by atoms with Crippen molar-refractivity contribution in [2.75, 3.05) is 0 Å². The normalized spacial score (nSPS) is 12.9. The number of ether oxygens (including phenoxy) is 1. The summed E-state index contributed by atoms with van der Waals surface area (Å²) in [6.45, 7) is 6.62. The van der Waals surface area contributed by atoms with Gasteiger partial charge in [-0.25, -0.2) is 4.98 Å². The van der Waals surface area contributed by atoms with Crippen molar-refractivity contribution in [3.8, 4) is 95.5 Å². The fourth-order valence-corrected chi connectivity index (χ4v) is 13.5. The van der Waals surface area contributed by atoms with Crippen molar-refractivity contribution in [1.82, 2.24) is 14.1 Å². The van der Waals surface area contributed by atoms with Crippen molar-refractivity contribution < 1.29 is 46.1 Å². The molecule has 0 saturated heterocycles. The minimum absolute atomic E-state index is 0. The number of furan rings is 2. The van der Waals surface area contributed by atoms with E-state index in [1.54, 1.807) is 0 Å². The molecule has 17 aromatic rings. The third kappa shape index (κ3) is 8.45. The summed E-state index contributed by atoms with van der Waals surface area (Å²) in [6, 6.07) is 81.7. The van der Waals surface area contributed by atoms with Gasteiger partial charge in [0.1, 0.15) is 28.1 Å². The van der Waals surface area contributed by atoms with Crippen molar-refractivity contribution in [3.63, 3.8) is 0 Å². The fraction of sp³-hybridized carbons (Fsp3) is 0.0488. The summed E-state index contributed by atoms with van der Waals surface area (Å²) in [7, 11) is 0. The van der Waals surface area contributed by atoms with Crippen LogP contribution in [0.1, 0.15) is 33.2 Å². The first-order valence-corrected chi connectivity index (χ1v) is 29.8. The largest absolute Gasteiger partial charge is 0.510 e. The van der Waals surface area contributed by atoms with Gasteiger partial charge in [0, 0.05) is 65.8 Å². The molecule has 18 rings (SSSR count). The number of benzene rings is 12. The van der Waals surface area contributed by atoms with Crippen LogP contribution in [0.2, 0.25) is 0 Å². The van der Waals surface area contributed by atoms with E-state index in [1.165, 1.54) is 5.56 Å². The number of imidazole rings is 1. The number of hydrogen-bond acceptors (Lipinski definition) is 4. The average molecular weight is 1340 g/mol. The maximum Gasteiger partial charge on any atom is 0.268 e. The minimum Gasteiger partial charge on any atom is -0.510 e. The van der Waals surface area contributed by atoms with Crippen molar-refractivity contribution >= 4 is 76.7 Å². The fourth-order valence-electron chi connectivity index (χ4n) is 13.5. The van der Waals surface area contributed by atoms with Gasteiger partial charge >= 0.3 is 0 Å². The summed E-state index contributed by atoms with van der Waals surface area (Å²) in [5, 5.41) is 6.02. The van der Waals surface area contributed by atoms with E-state index in [1.807, 2.05) is 115 Å². The predicted octanol–water partition coefficient (Wildman–Crippen LogP) is 21.0. The summed E-state index contributed by atoms with van der Waals surface area (Å²) >= 11 is 0. The van der Waals surface area contributed by atoms with E-state index in [-0.39, 0.29) is 44.1 Å². The molecular weight excluding hydrogens is 1280 g/mol. The molecule has 0 atom stereocenters. The smallest absolute Gasteiger partial charge is 0.268 e. The Bertz CT molecular complexity index is 6080. The van der Waals surface area contributed by atoms with E-state index in [9.17, 15) is 2.74 Å². The molecule has 0 saturated carbocycles. The van der Waals surface area contributed by atoms with Gasteiger partial charge in [0.05, 0.1) is 23.6 Å². The standard InChI is InChI=1S/C82H52N4O3.Pt/c1-82(2,3)54-40-41-83-78(46-54)86-71-31-12-9-24-62(71)63-37-36-57(48-72(63)86)87-56-21-15-20-55(47-56)84-49-85-80-59(52-35-39-77-69(43-52)65-26-11-14-33-75(65)89-77)28-17-30-67(80)79-58(50-18-5-4-6-19-50)27-16-29-66(79)60-22-7-8-23-61(60)70-44-53(45-73(84)81(70)85)51-34-38-76-68(42-51)64-25-10-13-32-74(64)88-76;/h4-46H,1-3H3;/q-2;/i4D,5D,6D,18D,19D;. The molecule has 1 aliphatic rings. The van der Waals surface area contributed by atoms with Crippen LogP contribution in [-0.2, 0) is 26.5 Å². The molecule has 12 aromatic carbocycles.